The second-order valence-corrected chi connectivity index (χ2v) is 6.32. The van der Waals surface area contributed by atoms with E-state index in [0.29, 0.717) is 21.4 Å². The first-order valence-corrected chi connectivity index (χ1v) is 7.94. The topological polar surface area (TPSA) is 55.1 Å². The molecule has 0 aromatic heterocycles. The summed E-state index contributed by atoms with van der Waals surface area (Å²) < 4.78 is 0. The first-order chi connectivity index (χ1) is 9.97. The zero-order chi connectivity index (χ0) is 15.4. The fourth-order valence-corrected chi connectivity index (χ4v) is 3.15. The van der Waals surface area contributed by atoms with Crippen molar-refractivity contribution in [2.24, 2.45) is 0 Å². The van der Waals surface area contributed by atoms with Crippen LogP contribution in [0.2, 0.25) is 10.0 Å². The Morgan fingerprint density at radius 1 is 1.29 bits per heavy atom. The van der Waals surface area contributed by atoms with E-state index in [1.54, 1.807) is 12.1 Å². The highest BCUT2D eigenvalue weighted by Gasteiger charge is 2.11. The van der Waals surface area contributed by atoms with Crippen LogP contribution >= 0.6 is 35.0 Å². The van der Waals surface area contributed by atoms with Gasteiger partial charge >= 0.3 is 0 Å². The molecule has 0 bridgehead atoms. The smallest absolute Gasteiger partial charge is 0.234 e. The van der Waals surface area contributed by atoms with Crippen LogP contribution in [0.3, 0.4) is 0 Å². The Morgan fingerprint density at radius 2 is 2.00 bits per heavy atom. The van der Waals surface area contributed by atoms with Gasteiger partial charge < -0.3 is 11.1 Å². The Kier molecular flexibility index (Phi) is 5.39. The molecule has 2 aromatic carbocycles. The van der Waals surface area contributed by atoms with Crippen LogP contribution in [0.25, 0.3) is 0 Å². The number of carbonyl (C=O) groups excluding carboxylic acids is 1. The Balaban J connectivity index is 2.01. The van der Waals surface area contributed by atoms with E-state index in [1.165, 1.54) is 11.8 Å². The second-order valence-electron chi connectivity index (χ2n) is 4.45. The number of nitrogens with one attached hydrogen (secondary N) is 1. The lowest BCUT2D eigenvalue weighted by atomic mass is 10.2. The van der Waals surface area contributed by atoms with Gasteiger partial charge in [0.2, 0.25) is 5.91 Å². The van der Waals surface area contributed by atoms with Gasteiger partial charge in [0.1, 0.15) is 0 Å². The molecular formula is C15H14Cl2N2OS. The number of aryl methyl sites for hydroxylation is 1. The molecule has 0 saturated heterocycles. The van der Waals surface area contributed by atoms with Crippen molar-refractivity contribution in [3.8, 4) is 0 Å². The van der Waals surface area contributed by atoms with E-state index in [9.17, 15) is 4.79 Å². The van der Waals surface area contributed by atoms with Crippen molar-refractivity contribution in [3.05, 3.63) is 52.0 Å². The van der Waals surface area contributed by atoms with E-state index in [1.807, 2.05) is 31.2 Å². The molecule has 0 spiro atoms. The fraction of sp³-hybridized carbons (Fsp3) is 0.133. The lowest BCUT2D eigenvalue weighted by Gasteiger charge is -2.11. The second kappa shape index (κ2) is 7.07. The van der Waals surface area contributed by atoms with Gasteiger partial charge in [-0.3, -0.25) is 4.79 Å². The first kappa shape index (κ1) is 16.0. The number of halogens is 2. The average Bonchev–Trinajstić information content (AvgIpc) is 2.42. The maximum absolute atomic E-state index is 12.0. The van der Waals surface area contributed by atoms with Gasteiger partial charge in [0.15, 0.2) is 0 Å². The number of amides is 1. The summed E-state index contributed by atoms with van der Waals surface area (Å²) in [5, 5.41) is 3.48. The highest BCUT2D eigenvalue weighted by molar-refractivity contribution is 8.00. The van der Waals surface area contributed by atoms with Crippen molar-refractivity contribution in [2.75, 3.05) is 16.8 Å². The Bertz CT molecular complexity index is 653. The molecule has 0 unspecified atom stereocenters. The van der Waals surface area contributed by atoms with Crippen molar-refractivity contribution < 1.29 is 4.79 Å². The van der Waals surface area contributed by atoms with Crippen LogP contribution in [0.4, 0.5) is 11.4 Å². The predicted molar refractivity (Wildman–Crippen MR) is 91.4 cm³/mol. The van der Waals surface area contributed by atoms with Gasteiger partial charge in [-0.25, -0.2) is 0 Å². The summed E-state index contributed by atoms with van der Waals surface area (Å²) in [6.07, 6.45) is 0. The van der Waals surface area contributed by atoms with Gasteiger partial charge in [-0.1, -0.05) is 41.4 Å². The summed E-state index contributed by atoms with van der Waals surface area (Å²) >= 11 is 13.3. The number of thioether (sulfide) groups is 1. The van der Waals surface area contributed by atoms with E-state index in [0.717, 1.165) is 10.5 Å². The van der Waals surface area contributed by atoms with Gasteiger partial charge in [0.05, 0.1) is 22.2 Å². The highest BCUT2D eigenvalue weighted by atomic mass is 35.5. The van der Waals surface area contributed by atoms with Crippen molar-refractivity contribution in [3.63, 3.8) is 0 Å². The summed E-state index contributed by atoms with van der Waals surface area (Å²) in [7, 11) is 0. The molecule has 2 aromatic rings. The first-order valence-electron chi connectivity index (χ1n) is 6.20. The molecule has 3 N–H and O–H groups in total. The van der Waals surface area contributed by atoms with Crippen molar-refractivity contribution in [1.29, 1.82) is 0 Å². The zero-order valence-electron chi connectivity index (χ0n) is 11.3. The molecule has 0 atom stereocenters. The van der Waals surface area contributed by atoms with Crippen LogP contribution < -0.4 is 11.1 Å². The summed E-state index contributed by atoms with van der Waals surface area (Å²) in [6.45, 7) is 2.01. The number of hydrogen-bond donors (Lipinski definition) is 2. The molecule has 21 heavy (non-hydrogen) atoms. The van der Waals surface area contributed by atoms with Crippen molar-refractivity contribution in [2.45, 2.75) is 11.8 Å². The van der Waals surface area contributed by atoms with Gasteiger partial charge in [-0.05, 0) is 30.7 Å². The maximum atomic E-state index is 12.0. The van der Waals surface area contributed by atoms with Crippen LogP contribution in [0, 0.1) is 6.92 Å². The minimum Gasteiger partial charge on any atom is -0.397 e. The SMILES string of the molecule is Cc1ccccc1SCC(=O)Nc1c(N)cc(Cl)cc1Cl. The lowest BCUT2D eigenvalue weighted by molar-refractivity contribution is -0.113. The summed E-state index contributed by atoms with van der Waals surface area (Å²) in [6, 6.07) is 11.0. The van der Waals surface area contributed by atoms with Crippen LogP contribution in [-0.2, 0) is 4.79 Å². The largest absolute Gasteiger partial charge is 0.397 e. The number of benzene rings is 2. The minimum absolute atomic E-state index is 0.167. The molecule has 3 nitrogen and oxygen atoms in total. The molecule has 0 radical (unpaired) electrons. The zero-order valence-corrected chi connectivity index (χ0v) is 13.6. The summed E-state index contributed by atoms with van der Waals surface area (Å²) in [5.74, 6) is 0.114. The van der Waals surface area contributed by atoms with Crippen molar-refractivity contribution in [1.82, 2.24) is 0 Å². The van der Waals surface area contributed by atoms with E-state index in [2.05, 4.69) is 5.32 Å². The molecule has 0 saturated carbocycles. The number of nitrogens with two attached hydrogens (primary N) is 1. The van der Waals surface area contributed by atoms with Gasteiger partial charge in [-0.15, -0.1) is 11.8 Å². The third-order valence-corrected chi connectivity index (χ3v) is 4.49. The molecule has 1 amide bonds. The lowest BCUT2D eigenvalue weighted by Crippen LogP contribution is -2.15. The average molecular weight is 341 g/mol. The van der Waals surface area contributed by atoms with E-state index >= 15 is 0 Å². The Morgan fingerprint density at radius 3 is 2.67 bits per heavy atom. The van der Waals surface area contributed by atoms with Crippen molar-refractivity contribution >= 4 is 52.2 Å². The Labute approximate surface area is 137 Å². The molecule has 0 heterocycles. The number of nitrogen functional groups attached to an aromatic ring is 1. The number of anilines is 2. The quantitative estimate of drug-likeness (QED) is 0.630. The minimum atomic E-state index is -0.167. The van der Waals surface area contributed by atoms with Crippen LogP contribution in [0.15, 0.2) is 41.3 Å². The fourth-order valence-electron chi connectivity index (χ4n) is 1.76. The van der Waals surface area contributed by atoms with E-state index in [-0.39, 0.29) is 11.7 Å². The summed E-state index contributed by atoms with van der Waals surface area (Å²) in [5.41, 5.74) is 7.70. The number of hydrogen-bond acceptors (Lipinski definition) is 3. The third kappa shape index (κ3) is 4.30. The number of rotatable bonds is 4. The molecular weight excluding hydrogens is 327 g/mol. The molecule has 2 rings (SSSR count). The maximum Gasteiger partial charge on any atom is 0.234 e. The normalized spacial score (nSPS) is 10.4. The molecule has 0 fully saturated rings. The van der Waals surface area contributed by atoms with Crippen LogP contribution in [0.1, 0.15) is 5.56 Å². The monoisotopic (exact) mass is 340 g/mol. The van der Waals surface area contributed by atoms with Gasteiger partial charge in [0.25, 0.3) is 0 Å². The third-order valence-electron chi connectivity index (χ3n) is 2.80. The predicted octanol–water partition coefficient (Wildman–Crippen LogP) is 4.61. The van der Waals surface area contributed by atoms with E-state index in [4.69, 9.17) is 28.9 Å². The van der Waals surface area contributed by atoms with Gasteiger partial charge in [0, 0.05) is 9.92 Å². The van der Waals surface area contributed by atoms with Crippen LogP contribution in [0.5, 0.6) is 0 Å². The van der Waals surface area contributed by atoms with E-state index < -0.39 is 0 Å². The summed E-state index contributed by atoms with van der Waals surface area (Å²) in [4.78, 5) is 13.1. The highest BCUT2D eigenvalue weighted by Crippen LogP contribution is 2.32. The molecule has 0 aliphatic rings. The molecule has 0 aliphatic heterocycles. The number of carbonyl (C=O) groups is 1. The molecule has 0 aliphatic carbocycles. The standard InChI is InChI=1S/C15H14Cl2N2OS/c1-9-4-2-3-5-13(9)21-8-14(20)19-15-11(17)6-10(16)7-12(15)18/h2-7H,8,18H2,1H3,(H,19,20). The molecule has 110 valence electrons. The Hall–Kier alpha value is -1.36. The molecule has 6 heteroatoms. The van der Waals surface area contributed by atoms with Gasteiger partial charge in [-0.2, -0.15) is 0 Å². The van der Waals surface area contributed by atoms with Crippen LogP contribution in [-0.4, -0.2) is 11.7 Å².